The van der Waals surface area contributed by atoms with Gasteiger partial charge in [0.05, 0.1) is 5.54 Å². The number of rotatable bonds is 6. The van der Waals surface area contributed by atoms with Gasteiger partial charge in [0.15, 0.2) is 0 Å². The minimum absolute atomic E-state index is 0.0148. The van der Waals surface area contributed by atoms with Gasteiger partial charge in [-0.3, -0.25) is 4.79 Å². The van der Waals surface area contributed by atoms with E-state index < -0.39 is 5.91 Å². The maximum Gasteiger partial charge on any atom is 0.266 e. The van der Waals surface area contributed by atoms with Crippen molar-refractivity contribution in [3.05, 3.63) is 69.8 Å². The van der Waals surface area contributed by atoms with E-state index in [9.17, 15) is 10.1 Å². The topological polar surface area (TPSA) is 56.1 Å². The van der Waals surface area contributed by atoms with Crippen molar-refractivity contribution in [3.8, 4) is 6.07 Å². The molecule has 2 aromatic carbocycles. The molecule has 0 bridgehead atoms. The van der Waals surface area contributed by atoms with Crippen LogP contribution in [-0.2, 0) is 11.2 Å². The molecule has 166 valence electrons. The molecule has 0 fully saturated rings. The normalized spacial score (nSPS) is 15.0. The number of amides is 1. The Morgan fingerprint density at radius 1 is 1.25 bits per heavy atom. The third-order valence-corrected chi connectivity index (χ3v) is 6.18. The van der Waals surface area contributed by atoms with Crippen LogP contribution in [0.1, 0.15) is 57.7 Å². The maximum atomic E-state index is 12.8. The van der Waals surface area contributed by atoms with E-state index in [1.807, 2.05) is 49.4 Å². The average Bonchev–Trinajstić information content (AvgIpc) is 2.75. The summed E-state index contributed by atoms with van der Waals surface area (Å²) in [5.41, 5.74) is 5.60. The zero-order valence-electron chi connectivity index (χ0n) is 19.4. The molecule has 0 saturated heterocycles. The zero-order chi connectivity index (χ0) is 23.5. The number of allylic oxidation sites excluding steroid dienone is 1. The molecule has 1 amide bonds. The van der Waals surface area contributed by atoms with Gasteiger partial charge in [0.1, 0.15) is 11.6 Å². The highest BCUT2D eigenvalue weighted by Crippen LogP contribution is 2.41. The molecule has 0 saturated carbocycles. The largest absolute Gasteiger partial charge is 0.362 e. The number of fused-ring (bicyclic) bond motifs is 1. The van der Waals surface area contributed by atoms with Gasteiger partial charge in [-0.05, 0) is 74.6 Å². The molecular weight excluding hydrogens is 418 g/mol. The monoisotopic (exact) mass is 447 g/mol. The van der Waals surface area contributed by atoms with Gasteiger partial charge in [-0.25, -0.2) is 0 Å². The molecule has 2 aromatic rings. The van der Waals surface area contributed by atoms with Crippen molar-refractivity contribution < 1.29 is 4.79 Å². The van der Waals surface area contributed by atoms with Crippen LogP contribution in [-0.4, -0.2) is 18.0 Å². The number of anilines is 2. The number of aryl methyl sites for hydroxylation is 1. The highest BCUT2D eigenvalue weighted by atomic mass is 35.5. The Morgan fingerprint density at radius 3 is 2.62 bits per heavy atom. The first kappa shape index (κ1) is 23.6. The lowest BCUT2D eigenvalue weighted by Crippen LogP contribution is -2.45. The summed E-state index contributed by atoms with van der Waals surface area (Å²) in [5.74, 6) is -0.441. The molecule has 4 nitrogen and oxygen atoms in total. The molecule has 0 aromatic heterocycles. The van der Waals surface area contributed by atoms with E-state index in [-0.39, 0.29) is 11.1 Å². The quantitative estimate of drug-likeness (QED) is 0.388. The van der Waals surface area contributed by atoms with Crippen LogP contribution >= 0.6 is 11.6 Å². The molecule has 1 N–H and O–H groups in total. The number of para-hydroxylation sites is 1. The second kappa shape index (κ2) is 9.63. The van der Waals surface area contributed by atoms with E-state index in [1.165, 1.54) is 0 Å². The summed E-state index contributed by atoms with van der Waals surface area (Å²) < 4.78 is 0. The summed E-state index contributed by atoms with van der Waals surface area (Å²) in [6, 6.07) is 13.6. The van der Waals surface area contributed by atoms with Crippen LogP contribution in [0.25, 0.3) is 11.6 Å². The maximum absolute atomic E-state index is 12.8. The number of benzene rings is 2. The Balaban J connectivity index is 2.00. The predicted octanol–water partition coefficient (Wildman–Crippen LogP) is 6.86. The van der Waals surface area contributed by atoms with E-state index in [0.29, 0.717) is 16.3 Å². The van der Waals surface area contributed by atoms with E-state index in [4.69, 9.17) is 11.6 Å². The first-order valence-corrected chi connectivity index (χ1v) is 11.4. The minimum atomic E-state index is -0.441. The smallest absolute Gasteiger partial charge is 0.266 e. The first-order valence-electron chi connectivity index (χ1n) is 11.0. The second-order valence-electron chi connectivity index (χ2n) is 8.66. The van der Waals surface area contributed by atoms with Gasteiger partial charge in [0.2, 0.25) is 0 Å². The van der Waals surface area contributed by atoms with Gasteiger partial charge in [-0.15, -0.1) is 0 Å². The average molecular weight is 448 g/mol. The SMILES string of the molecule is CCCN1c2cc(Cl)c(/C=C(\C#N)C(=O)Nc3ccccc3CC)cc2C(C)=CC1(C)C. The summed E-state index contributed by atoms with van der Waals surface area (Å²) in [7, 11) is 0. The molecular formula is C27H30ClN3O. The molecule has 3 rings (SSSR count). The highest BCUT2D eigenvalue weighted by Gasteiger charge is 2.31. The number of hydrogen-bond acceptors (Lipinski definition) is 3. The van der Waals surface area contributed by atoms with Crippen LogP contribution in [0, 0.1) is 11.3 Å². The number of carbonyl (C=O) groups is 1. The van der Waals surface area contributed by atoms with E-state index in [0.717, 1.165) is 41.8 Å². The number of halogens is 1. The Bertz CT molecular complexity index is 1140. The lowest BCUT2D eigenvalue weighted by molar-refractivity contribution is -0.112. The van der Waals surface area contributed by atoms with Crippen molar-refractivity contribution in [1.29, 1.82) is 5.26 Å². The molecule has 32 heavy (non-hydrogen) atoms. The zero-order valence-corrected chi connectivity index (χ0v) is 20.2. The molecule has 5 heteroatoms. The molecule has 1 aliphatic rings. The number of nitrogens with one attached hydrogen (secondary N) is 1. The van der Waals surface area contributed by atoms with Crippen molar-refractivity contribution in [2.45, 2.75) is 53.0 Å². The summed E-state index contributed by atoms with van der Waals surface area (Å²) in [5, 5.41) is 13.1. The summed E-state index contributed by atoms with van der Waals surface area (Å²) in [6.07, 6.45) is 5.64. The molecule has 0 aliphatic carbocycles. The van der Waals surface area contributed by atoms with Gasteiger partial charge in [-0.1, -0.05) is 49.7 Å². The van der Waals surface area contributed by atoms with Crippen LogP contribution < -0.4 is 10.2 Å². The number of nitrogens with zero attached hydrogens (tertiary/aromatic N) is 2. The second-order valence-corrected chi connectivity index (χ2v) is 9.07. The van der Waals surface area contributed by atoms with Crippen molar-refractivity contribution in [3.63, 3.8) is 0 Å². The van der Waals surface area contributed by atoms with Gasteiger partial charge in [0.25, 0.3) is 5.91 Å². The van der Waals surface area contributed by atoms with E-state index in [1.54, 1.807) is 6.08 Å². The fourth-order valence-electron chi connectivity index (χ4n) is 4.30. The lowest BCUT2D eigenvalue weighted by atomic mass is 9.87. The standard InChI is InChI=1S/C27H30ClN3O/c1-6-12-31-25-15-23(28)20(14-22(25)18(3)16-27(31,4)5)13-21(17-29)26(32)30-24-11-9-8-10-19(24)7-2/h8-11,13-16H,6-7,12H2,1-5H3,(H,30,32)/b21-13+. The van der Waals surface area contributed by atoms with Crippen molar-refractivity contribution in [2.75, 3.05) is 16.8 Å². The molecule has 1 aliphatic heterocycles. The summed E-state index contributed by atoms with van der Waals surface area (Å²) in [6.45, 7) is 11.6. The van der Waals surface area contributed by atoms with Crippen LogP contribution in [0.2, 0.25) is 5.02 Å². The Hall–Kier alpha value is -3.03. The van der Waals surface area contributed by atoms with Crippen LogP contribution in [0.3, 0.4) is 0 Å². The lowest BCUT2D eigenvalue weighted by Gasteiger charge is -2.43. The third kappa shape index (κ3) is 4.74. The fourth-order valence-corrected chi connectivity index (χ4v) is 4.51. The Labute approximate surface area is 196 Å². The predicted molar refractivity (Wildman–Crippen MR) is 135 cm³/mol. The minimum Gasteiger partial charge on any atom is -0.362 e. The fraction of sp³-hybridized carbons (Fsp3) is 0.333. The summed E-state index contributed by atoms with van der Waals surface area (Å²) in [4.78, 5) is 15.2. The van der Waals surface area contributed by atoms with Crippen molar-refractivity contribution in [2.24, 2.45) is 0 Å². The van der Waals surface area contributed by atoms with Gasteiger partial charge in [0, 0.05) is 28.5 Å². The highest BCUT2D eigenvalue weighted by molar-refractivity contribution is 6.32. The van der Waals surface area contributed by atoms with Crippen LogP contribution in [0.15, 0.2) is 48.0 Å². The van der Waals surface area contributed by atoms with Crippen molar-refractivity contribution >= 4 is 40.5 Å². The molecule has 0 atom stereocenters. The Morgan fingerprint density at radius 2 is 1.97 bits per heavy atom. The van der Waals surface area contributed by atoms with Crippen LogP contribution in [0.4, 0.5) is 11.4 Å². The molecule has 0 radical (unpaired) electrons. The molecule has 0 unspecified atom stereocenters. The van der Waals surface area contributed by atoms with Crippen LogP contribution in [0.5, 0.6) is 0 Å². The van der Waals surface area contributed by atoms with Gasteiger partial charge < -0.3 is 10.2 Å². The third-order valence-electron chi connectivity index (χ3n) is 5.85. The van der Waals surface area contributed by atoms with E-state index in [2.05, 4.69) is 44.0 Å². The number of hydrogen-bond donors (Lipinski definition) is 1. The number of nitriles is 1. The Kier molecular flexibility index (Phi) is 7.11. The number of carbonyl (C=O) groups excluding carboxylic acids is 1. The molecule has 0 spiro atoms. The summed E-state index contributed by atoms with van der Waals surface area (Å²) >= 11 is 6.65. The van der Waals surface area contributed by atoms with Crippen molar-refractivity contribution in [1.82, 2.24) is 0 Å². The van der Waals surface area contributed by atoms with Gasteiger partial charge >= 0.3 is 0 Å². The first-order chi connectivity index (χ1) is 15.2. The molecule has 1 heterocycles. The van der Waals surface area contributed by atoms with Gasteiger partial charge in [-0.2, -0.15) is 5.26 Å². The van der Waals surface area contributed by atoms with E-state index >= 15 is 0 Å².